The third-order valence-corrected chi connectivity index (χ3v) is 3.99. The Hall–Kier alpha value is -3.54. The number of ether oxygens (including phenoxy) is 3. The van der Waals surface area contributed by atoms with Gasteiger partial charge >= 0.3 is 5.97 Å². The van der Waals surface area contributed by atoms with Gasteiger partial charge in [0.2, 0.25) is 0 Å². The summed E-state index contributed by atoms with van der Waals surface area (Å²) in [6.45, 7) is -0.106. The minimum absolute atomic E-state index is 0.106. The molecule has 0 aliphatic rings. The van der Waals surface area contributed by atoms with Gasteiger partial charge in [-0.05, 0) is 41.3 Å². The molecule has 27 heavy (non-hydrogen) atoms. The maximum atomic E-state index is 12.1. The van der Waals surface area contributed by atoms with E-state index in [9.17, 15) is 9.59 Å². The highest BCUT2D eigenvalue weighted by Crippen LogP contribution is 2.23. The van der Waals surface area contributed by atoms with Crippen LogP contribution in [0.15, 0.2) is 59.4 Å². The molecule has 1 heterocycles. The van der Waals surface area contributed by atoms with Crippen molar-refractivity contribution in [2.24, 2.45) is 0 Å². The van der Waals surface area contributed by atoms with Crippen LogP contribution in [0, 0.1) is 0 Å². The zero-order chi connectivity index (χ0) is 19.2. The zero-order valence-corrected chi connectivity index (χ0v) is 15.0. The number of benzene rings is 2. The average Bonchev–Trinajstić information content (AvgIpc) is 2.70. The fourth-order valence-electron chi connectivity index (χ4n) is 2.59. The highest BCUT2D eigenvalue weighted by molar-refractivity contribution is 5.87. The molecule has 3 rings (SSSR count). The molecule has 1 aromatic heterocycles. The average molecular weight is 365 g/mol. The summed E-state index contributed by atoms with van der Waals surface area (Å²) >= 11 is 0. The van der Waals surface area contributed by atoms with Gasteiger partial charge in [0.25, 0.3) is 5.56 Å². The van der Waals surface area contributed by atoms with Crippen LogP contribution in [-0.2, 0) is 16.1 Å². The van der Waals surface area contributed by atoms with Crippen LogP contribution >= 0.6 is 0 Å². The molecular weight excluding hydrogens is 346 g/mol. The maximum absolute atomic E-state index is 12.1. The Bertz CT molecular complexity index is 1030. The number of hydrogen-bond acceptors (Lipinski definition) is 5. The van der Waals surface area contributed by atoms with E-state index in [1.165, 1.54) is 6.08 Å². The molecule has 0 radical (unpaired) electrons. The molecule has 1 N–H and O–H groups in total. The van der Waals surface area contributed by atoms with Crippen molar-refractivity contribution in [3.8, 4) is 11.5 Å². The van der Waals surface area contributed by atoms with Crippen molar-refractivity contribution in [3.63, 3.8) is 0 Å². The fraction of sp³-hybridized carbons (Fsp3) is 0.143. The van der Waals surface area contributed by atoms with Crippen molar-refractivity contribution in [1.29, 1.82) is 0 Å². The molecule has 0 aliphatic carbocycles. The first-order valence-electron chi connectivity index (χ1n) is 8.28. The van der Waals surface area contributed by atoms with Crippen LogP contribution in [0.1, 0.15) is 11.1 Å². The van der Waals surface area contributed by atoms with Gasteiger partial charge in [-0.15, -0.1) is 0 Å². The van der Waals surface area contributed by atoms with E-state index >= 15 is 0 Å². The van der Waals surface area contributed by atoms with Crippen molar-refractivity contribution in [1.82, 2.24) is 4.98 Å². The minimum Gasteiger partial charge on any atom is -0.497 e. The number of carbonyl (C=O) groups excluding carboxylic acids is 1. The van der Waals surface area contributed by atoms with Gasteiger partial charge in [0, 0.05) is 17.7 Å². The smallest absolute Gasteiger partial charge is 0.331 e. The molecule has 6 heteroatoms. The molecule has 138 valence electrons. The monoisotopic (exact) mass is 365 g/mol. The van der Waals surface area contributed by atoms with E-state index < -0.39 is 5.97 Å². The van der Waals surface area contributed by atoms with E-state index in [0.717, 1.165) is 16.5 Å². The summed E-state index contributed by atoms with van der Waals surface area (Å²) in [5.74, 6) is 0.680. The van der Waals surface area contributed by atoms with Crippen molar-refractivity contribution < 1.29 is 19.0 Å². The molecule has 2 aromatic carbocycles. The first kappa shape index (κ1) is 18.3. The highest BCUT2D eigenvalue weighted by Gasteiger charge is 2.06. The topological polar surface area (TPSA) is 77.6 Å². The Labute approximate surface area is 156 Å². The number of fused-ring (bicyclic) bond motifs is 1. The first-order valence-corrected chi connectivity index (χ1v) is 8.28. The third kappa shape index (κ3) is 4.55. The zero-order valence-electron chi connectivity index (χ0n) is 15.0. The molecule has 0 aliphatic heterocycles. The Morgan fingerprint density at radius 3 is 2.44 bits per heavy atom. The van der Waals surface area contributed by atoms with Gasteiger partial charge in [0.15, 0.2) is 0 Å². The SMILES string of the molecule is COc1cc(C=CC(=O)OCc2cc3ccccc3[nH]c2=O)cc(OC)c1. The number of carbonyl (C=O) groups is 1. The van der Waals surface area contributed by atoms with Gasteiger partial charge in [-0.1, -0.05) is 18.2 Å². The Morgan fingerprint density at radius 2 is 1.74 bits per heavy atom. The summed E-state index contributed by atoms with van der Waals surface area (Å²) in [5, 5.41) is 0.877. The number of hydrogen-bond donors (Lipinski definition) is 1. The summed E-state index contributed by atoms with van der Waals surface area (Å²) < 4.78 is 15.6. The van der Waals surface area contributed by atoms with Gasteiger partial charge in [0.05, 0.1) is 19.8 Å². The van der Waals surface area contributed by atoms with E-state index in [0.29, 0.717) is 17.1 Å². The van der Waals surface area contributed by atoms with E-state index in [1.54, 1.807) is 44.6 Å². The minimum atomic E-state index is -0.552. The van der Waals surface area contributed by atoms with Gasteiger partial charge in [-0.2, -0.15) is 0 Å². The van der Waals surface area contributed by atoms with Crippen molar-refractivity contribution in [2.45, 2.75) is 6.61 Å². The van der Waals surface area contributed by atoms with Crippen LogP contribution in [0.2, 0.25) is 0 Å². The predicted molar refractivity (Wildman–Crippen MR) is 103 cm³/mol. The largest absolute Gasteiger partial charge is 0.497 e. The summed E-state index contributed by atoms with van der Waals surface area (Å²) in [5.41, 5.74) is 1.58. The van der Waals surface area contributed by atoms with Crippen LogP contribution in [-0.4, -0.2) is 25.2 Å². The second kappa shape index (κ2) is 8.23. The standard InChI is InChI=1S/C21H19NO5/c1-25-17-9-14(10-18(12-17)26-2)7-8-20(23)27-13-16-11-15-5-3-4-6-19(15)22-21(16)24/h3-12H,13H2,1-2H3,(H,22,24). The van der Waals surface area contributed by atoms with Crippen LogP contribution in [0.5, 0.6) is 11.5 Å². The number of pyridine rings is 1. The van der Waals surface area contributed by atoms with Crippen LogP contribution in [0.3, 0.4) is 0 Å². The number of rotatable bonds is 6. The molecule has 0 fully saturated rings. The summed E-state index contributed by atoms with van der Waals surface area (Å²) in [6.07, 6.45) is 2.89. The van der Waals surface area contributed by atoms with E-state index in [4.69, 9.17) is 14.2 Å². The van der Waals surface area contributed by atoms with Crippen molar-refractivity contribution in [3.05, 3.63) is 76.1 Å². The maximum Gasteiger partial charge on any atom is 0.331 e. The predicted octanol–water partition coefficient (Wildman–Crippen LogP) is 3.30. The van der Waals surface area contributed by atoms with Gasteiger partial charge in [-0.3, -0.25) is 4.79 Å². The molecule has 0 amide bonds. The number of H-pyrrole nitrogens is 1. The van der Waals surface area contributed by atoms with E-state index in [-0.39, 0.29) is 12.2 Å². The molecule has 0 bridgehead atoms. The number of aromatic nitrogens is 1. The summed E-state index contributed by atoms with van der Waals surface area (Å²) in [6, 6.07) is 14.4. The Kier molecular flexibility index (Phi) is 5.56. The third-order valence-electron chi connectivity index (χ3n) is 3.99. The molecule has 0 saturated heterocycles. The lowest BCUT2D eigenvalue weighted by molar-refractivity contribution is -0.138. The molecule has 0 unspecified atom stereocenters. The first-order chi connectivity index (χ1) is 13.1. The fourth-order valence-corrected chi connectivity index (χ4v) is 2.59. The highest BCUT2D eigenvalue weighted by atomic mass is 16.5. The van der Waals surface area contributed by atoms with Crippen LogP contribution in [0.25, 0.3) is 17.0 Å². The summed E-state index contributed by atoms with van der Waals surface area (Å²) in [7, 11) is 3.11. The quantitative estimate of drug-likeness (QED) is 0.536. The van der Waals surface area contributed by atoms with Gasteiger partial charge < -0.3 is 19.2 Å². The second-order valence-corrected chi connectivity index (χ2v) is 5.80. The van der Waals surface area contributed by atoms with Crippen molar-refractivity contribution >= 4 is 22.9 Å². The van der Waals surface area contributed by atoms with E-state index in [1.807, 2.05) is 24.3 Å². The lowest BCUT2D eigenvalue weighted by Crippen LogP contribution is -2.14. The molecule has 0 saturated carbocycles. The van der Waals surface area contributed by atoms with Crippen molar-refractivity contribution in [2.75, 3.05) is 14.2 Å². The lowest BCUT2D eigenvalue weighted by Gasteiger charge is -2.06. The number of para-hydroxylation sites is 1. The molecule has 0 atom stereocenters. The van der Waals surface area contributed by atoms with Crippen LogP contribution < -0.4 is 15.0 Å². The number of aromatic amines is 1. The normalized spacial score (nSPS) is 10.9. The van der Waals surface area contributed by atoms with Gasteiger partial charge in [-0.25, -0.2) is 4.79 Å². The molecule has 6 nitrogen and oxygen atoms in total. The number of nitrogens with one attached hydrogen (secondary N) is 1. The Balaban J connectivity index is 1.69. The Morgan fingerprint density at radius 1 is 1.04 bits per heavy atom. The molecular formula is C21H19NO5. The van der Waals surface area contributed by atoms with E-state index in [2.05, 4.69) is 4.98 Å². The van der Waals surface area contributed by atoms with Crippen LogP contribution in [0.4, 0.5) is 0 Å². The lowest BCUT2D eigenvalue weighted by atomic mass is 10.1. The number of esters is 1. The van der Waals surface area contributed by atoms with Gasteiger partial charge in [0.1, 0.15) is 18.1 Å². The molecule has 3 aromatic rings. The molecule has 0 spiro atoms. The second-order valence-electron chi connectivity index (χ2n) is 5.80. The number of methoxy groups -OCH3 is 2. The summed E-state index contributed by atoms with van der Waals surface area (Å²) in [4.78, 5) is 26.8.